The molecule has 0 unspecified atom stereocenters. The maximum atomic E-state index is 10.5. The average molecular weight is 248 g/mol. The Kier molecular flexibility index (Phi) is 4.57. The van der Waals surface area contributed by atoms with Gasteiger partial charge in [0, 0.05) is 18.3 Å². The summed E-state index contributed by atoms with van der Waals surface area (Å²) in [6.07, 6.45) is 0. The summed E-state index contributed by atoms with van der Waals surface area (Å²) in [5, 5.41) is 2.81. The zero-order chi connectivity index (χ0) is 11.3. The first-order valence-electron chi connectivity index (χ1n) is 4.11. The van der Waals surface area contributed by atoms with E-state index in [0.717, 1.165) is 0 Å². The zero-order valence-electron chi connectivity index (χ0n) is 7.67. The quantitative estimate of drug-likeness (QED) is 0.611. The van der Waals surface area contributed by atoms with Gasteiger partial charge in [-0.2, -0.15) is 0 Å². The van der Waals surface area contributed by atoms with Gasteiger partial charge in [0.05, 0.1) is 10.6 Å². The van der Waals surface area contributed by atoms with Crippen molar-refractivity contribution in [3.8, 4) is 0 Å². The smallest absolute Gasteiger partial charge is 0.168 e. The lowest BCUT2D eigenvalue weighted by atomic mass is 10.3. The minimum atomic E-state index is -2.59. The highest BCUT2D eigenvalue weighted by molar-refractivity contribution is 7.72. The zero-order valence-corrected chi connectivity index (χ0v) is 9.46. The van der Waals surface area contributed by atoms with E-state index < -0.39 is 21.4 Å². The first-order chi connectivity index (χ1) is 7.09. The van der Waals surface area contributed by atoms with Crippen LogP contribution in [0.3, 0.4) is 0 Å². The molecule has 1 radical (unpaired) electrons. The third-order valence-corrected chi connectivity index (χ3v) is 2.91. The molecule has 0 saturated heterocycles. The van der Waals surface area contributed by atoms with Gasteiger partial charge in [-0.05, 0) is 18.2 Å². The fourth-order valence-corrected chi connectivity index (χ4v) is 1.58. The molecule has 0 bridgehead atoms. The van der Waals surface area contributed by atoms with Crippen LogP contribution in [0.1, 0.15) is 0 Å². The van der Waals surface area contributed by atoms with E-state index in [-0.39, 0.29) is 17.2 Å². The van der Waals surface area contributed by atoms with Crippen LogP contribution in [0.4, 0.5) is 5.69 Å². The van der Waals surface area contributed by atoms with Crippen LogP contribution in [-0.2, 0) is 21.4 Å². The normalized spacial score (nSPS) is 10.8. The Morgan fingerprint density at radius 2 is 1.93 bits per heavy atom. The van der Waals surface area contributed by atoms with Crippen molar-refractivity contribution in [3.63, 3.8) is 0 Å². The Hall–Kier alpha value is -1.08. The molecule has 0 aliphatic heterocycles. The fraction of sp³-hybridized carbons (Fsp3) is 0.250. The number of rotatable bonds is 5. The van der Waals surface area contributed by atoms with Crippen molar-refractivity contribution in [1.29, 1.82) is 0 Å². The van der Waals surface area contributed by atoms with E-state index >= 15 is 0 Å². The van der Waals surface area contributed by atoms with Crippen LogP contribution >= 0.6 is 0 Å². The molecular formula is C8H10NO4S2. The highest BCUT2D eigenvalue weighted by Crippen LogP contribution is 2.08. The summed E-state index contributed by atoms with van der Waals surface area (Å²) in [5.74, 6) is 0.0424. The van der Waals surface area contributed by atoms with E-state index in [2.05, 4.69) is 11.4 Å². The summed E-state index contributed by atoms with van der Waals surface area (Å²) in [5.41, 5.74) is 0.576. The van der Waals surface area contributed by atoms with E-state index in [0.29, 0.717) is 5.69 Å². The van der Waals surface area contributed by atoms with Crippen molar-refractivity contribution < 1.29 is 16.8 Å². The minimum absolute atomic E-state index is 0.0424. The molecule has 0 aliphatic carbocycles. The number of hydrogen-bond acceptors (Lipinski definition) is 5. The maximum absolute atomic E-state index is 10.5. The van der Waals surface area contributed by atoms with E-state index in [9.17, 15) is 16.8 Å². The first-order valence-corrected chi connectivity index (χ1v) is 6.65. The van der Waals surface area contributed by atoms with Gasteiger partial charge in [-0.15, -0.1) is 0 Å². The van der Waals surface area contributed by atoms with Gasteiger partial charge in [0.15, 0.2) is 10.7 Å². The Morgan fingerprint density at radius 1 is 1.20 bits per heavy atom. The molecule has 15 heavy (non-hydrogen) atoms. The van der Waals surface area contributed by atoms with Crippen LogP contribution in [0.25, 0.3) is 0 Å². The second kappa shape index (κ2) is 5.72. The van der Waals surface area contributed by atoms with E-state index in [4.69, 9.17) is 0 Å². The van der Waals surface area contributed by atoms with Crippen LogP contribution in [0.15, 0.2) is 23.1 Å². The van der Waals surface area contributed by atoms with Crippen LogP contribution in [0.2, 0.25) is 0 Å². The Labute approximate surface area is 91.0 Å². The molecule has 0 heterocycles. The molecule has 7 heteroatoms. The molecule has 0 atom stereocenters. The summed E-state index contributed by atoms with van der Waals surface area (Å²) >= 11 is 0. The number of thiol groups is 2. The van der Waals surface area contributed by atoms with Crippen LogP contribution in [0.5, 0.6) is 0 Å². The molecule has 83 valence electrons. The highest BCUT2D eigenvalue weighted by Gasteiger charge is 1.96. The fourth-order valence-electron chi connectivity index (χ4n) is 0.922. The third-order valence-electron chi connectivity index (χ3n) is 1.62. The topological polar surface area (TPSA) is 80.3 Å². The molecule has 1 aromatic carbocycles. The van der Waals surface area contributed by atoms with Gasteiger partial charge in [-0.25, -0.2) is 16.8 Å². The van der Waals surface area contributed by atoms with Gasteiger partial charge < -0.3 is 5.32 Å². The Morgan fingerprint density at radius 3 is 2.40 bits per heavy atom. The minimum Gasteiger partial charge on any atom is -0.384 e. The third kappa shape index (κ3) is 4.30. The van der Waals surface area contributed by atoms with Gasteiger partial charge in [0.1, 0.15) is 10.7 Å². The Balaban J connectivity index is 2.57. The van der Waals surface area contributed by atoms with Crippen molar-refractivity contribution in [1.82, 2.24) is 0 Å². The van der Waals surface area contributed by atoms with Gasteiger partial charge in [-0.1, -0.05) is 0 Å². The summed E-state index contributed by atoms with van der Waals surface area (Å²) < 4.78 is 41.5. The highest BCUT2D eigenvalue weighted by atomic mass is 32.2. The summed E-state index contributed by atoms with van der Waals surface area (Å²) in [4.78, 5) is 0.186. The predicted octanol–water partition coefficient (Wildman–Crippen LogP) is -0.520. The van der Waals surface area contributed by atoms with E-state index in [1.165, 1.54) is 12.1 Å². The number of hydrogen-bond donors (Lipinski definition) is 3. The molecule has 0 fully saturated rings. The van der Waals surface area contributed by atoms with Crippen molar-refractivity contribution in [2.24, 2.45) is 0 Å². The number of nitrogens with one attached hydrogen (secondary N) is 1. The van der Waals surface area contributed by atoms with Crippen LogP contribution < -0.4 is 5.32 Å². The maximum Gasteiger partial charge on any atom is 0.168 e. The lowest BCUT2D eigenvalue weighted by Gasteiger charge is -2.02. The molecule has 0 spiro atoms. The van der Waals surface area contributed by atoms with Crippen LogP contribution in [0, 0.1) is 6.07 Å². The SMILES string of the molecule is O=[SH](=O)CCNc1[c]cc([SH](=O)=O)cc1. The molecule has 0 aromatic heterocycles. The van der Waals surface area contributed by atoms with Crippen molar-refractivity contribution in [2.45, 2.75) is 4.90 Å². The monoisotopic (exact) mass is 248 g/mol. The standard InChI is InChI=1S/C8H10NO4S2/c10-14(11)6-5-9-7-1-3-8(4-2-7)15(12)13/h1,3-4,9,14-15H,5-6H2. The van der Waals surface area contributed by atoms with Gasteiger partial charge in [0.2, 0.25) is 0 Å². The summed E-state index contributed by atoms with van der Waals surface area (Å²) in [6.45, 7) is 0.290. The summed E-state index contributed by atoms with van der Waals surface area (Å²) in [6, 6.07) is 7.01. The average Bonchev–Trinajstić information content (AvgIpc) is 2.18. The van der Waals surface area contributed by atoms with Gasteiger partial charge >= 0.3 is 0 Å². The largest absolute Gasteiger partial charge is 0.384 e. The van der Waals surface area contributed by atoms with Crippen molar-refractivity contribution in [2.75, 3.05) is 17.6 Å². The van der Waals surface area contributed by atoms with Gasteiger partial charge in [0.25, 0.3) is 0 Å². The molecular weight excluding hydrogens is 238 g/mol. The lowest BCUT2D eigenvalue weighted by molar-refractivity contribution is 0.613. The first kappa shape index (κ1) is 12.0. The summed E-state index contributed by atoms with van der Waals surface area (Å²) in [7, 11) is -4.97. The van der Waals surface area contributed by atoms with Crippen molar-refractivity contribution in [3.05, 3.63) is 24.3 Å². The molecule has 1 aromatic rings. The van der Waals surface area contributed by atoms with E-state index in [1.807, 2.05) is 0 Å². The number of benzene rings is 1. The number of anilines is 1. The Bertz CT molecular complexity index is 446. The lowest BCUT2D eigenvalue weighted by Crippen LogP contribution is -2.07. The predicted molar refractivity (Wildman–Crippen MR) is 57.5 cm³/mol. The second-order valence-corrected chi connectivity index (χ2v) is 4.84. The van der Waals surface area contributed by atoms with Gasteiger partial charge in [-0.3, -0.25) is 0 Å². The molecule has 1 rings (SSSR count). The molecule has 0 saturated carbocycles. The molecule has 5 nitrogen and oxygen atoms in total. The molecule has 0 aliphatic rings. The molecule has 1 N–H and O–H groups in total. The van der Waals surface area contributed by atoms with Crippen molar-refractivity contribution >= 4 is 27.1 Å². The second-order valence-electron chi connectivity index (χ2n) is 2.70. The van der Waals surface area contributed by atoms with E-state index in [1.54, 1.807) is 6.07 Å². The molecule has 0 amide bonds. The van der Waals surface area contributed by atoms with Crippen LogP contribution in [-0.4, -0.2) is 29.1 Å².